The highest BCUT2D eigenvalue weighted by atomic mass is 16.5. The first-order chi connectivity index (χ1) is 14.3. The molecule has 1 aromatic carbocycles. The van der Waals surface area contributed by atoms with E-state index < -0.39 is 29.9 Å². The van der Waals surface area contributed by atoms with Crippen molar-refractivity contribution in [3.05, 3.63) is 41.3 Å². The molecule has 2 N–H and O–H groups in total. The second-order valence-corrected chi connectivity index (χ2v) is 7.53. The summed E-state index contributed by atoms with van der Waals surface area (Å²) in [5.74, 6) is 1.32. The van der Waals surface area contributed by atoms with Crippen LogP contribution >= 0.6 is 0 Å². The Morgan fingerprint density at radius 3 is 2.60 bits per heavy atom. The van der Waals surface area contributed by atoms with Gasteiger partial charge in [0.2, 0.25) is 5.91 Å². The van der Waals surface area contributed by atoms with Crippen molar-refractivity contribution in [2.75, 3.05) is 25.1 Å². The molecule has 2 aliphatic heterocycles. The predicted octanol–water partition coefficient (Wildman–Crippen LogP) is 2.46. The summed E-state index contributed by atoms with van der Waals surface area (Å²) in [6, 6.07) is 6.14. The molecule has 9 nitrogen and oxygen atoms in total. The average molecular weight is 413 g/mol. The molecule has 30 heavy (non-hydrogen) atoms. The first-order valence-corrected chi connectivity index (χ1v) is 9.69. The zero-order valence-corrected chi connectivity index (χ0v) is 17.0. The van der Waals surface area contributed by atoms with Gasteiger partial charge in [-0.1, -0.05) is 0 Å². The van der Waals surface area contributed by atoms with Crippen molar-refractivity contribution >= 4 is 23.5 Å². The Hall–Kier alpha value is -3.49. The normalized spacial score (nSPS) is 20.7. The van der Waals surface area contributed by atoms with Gasteiger partial charge in [0.25, 0.3) is 5.91 Å². The topological polar surface area (TPSA) is 110 Å². The number of hydrogen-bond donors (Lipinski definition) is 2. The first kappa shape index (κ1) is 19.8. The van der Waals surface area contributed by atoms with Crippen molar-refractivity contribution in [1.82, 2.24) is 10.2 Å². The molecule has 0 saturated carbocycles. The Balaban J connectivity index is 1.47. The number of carbonyl (C=O) groups excluding carboxylic acids is 3. The van der Waals surface area contributed by atoms with E-state index in [9.17, 15) is 14.4 Å². The van der Waals surface area contributed by atoms with Crippen LogP contribution in [0.25, 0.3) is 0 Å². The number of nitrogens with one attached hydrogen (secondary N) is 2. The monoisotopic (exact) mass is 413 g/mol. The van der Waals surface area contributed by atoms with Crippen LogP contribution in [0.5, 0.6) is 11.5 Å². The fraction of sp³-hybridized carbons (Fsp3) is 0.381. The van der Waals surface area contributed by atoms with Crippen molar-refractivity contribution in [2.24, 2.45) is 0 Å². The SMILES string of the molecule is Cc1cc([C@@]2(C)NC(=O)N(CC(=O)Nc3ccc4c(c3)OCCCO4)C2=O)c(C)o1. The number of benzene rings is 1. The van der Waals surface area contributed by atoms with E-state index in [1.807, 2.05) is 0 Å². The number of ether oxygens (including phenoxy) is 2. The molecule has 0 bridgehead atoms. The zero-order chi connectivity index (χ0) is 21.5. The lowest BCUT2D eigenvalue weighted by Crippen LogP contribution is -2.42. The van der Waals surface area contributed by atoms with Crippen molar-refractivity contribution in [3.8, 4) is 11.5 Å². The van der Waals surface area contributed by atoms with Crippen LogP contribution in [0.4, 0.5) is 10.5 Å². The molecular formula is C21H23N3O6. The summed E-state index contributed by atoms with van der Waals surface area (Å²) in [7, 11) is 0. The van der Waals surface area contributed by atoms with Crippen molar-refractivity contribution in [1.29, 1.82) is 0 Å². The minimum Gasteiger partial charge on any atom is -0.490 e. The number of carbonyl (C=O) groups is 3. The van der Waals surface area contributed by atoms with Crippen LogP contribution < -0.4 is 20.1 Å². The molecule has 158 valence electrons. The van der Waals surface area contributed by atoms with Gasteiger partial charge in [0.15, 0.2) is 11.5 Å². The van der Waals surface area contributed by atoms with Crippen LogP contribution in [0.1, 0.15) is 30.4 Å². The van der Waals surface area contributed by atoms with Gasteiger partial charge >= 0.3 is 6.03 Å². The van der Waals surface area contributed by atoms with Crippen LogP contribution in [-0.4, -0.2) is 42.5 Å². The van der Waals surface area contributed by atoms with Gasteiger partial charge < -0.3 is 24.5 Å². The van der Waals surface area contributed by atoms with Crippen LogP contribution in [0.3, 0.4) is 0 Å². The van der Waals surface area contributed by atoms with Gasteiger partial charge in [-0.25, -0.2) is 4.79 Å². The third-order valence-electron chi connectivity index (χ3n) is 5.19. The maximum absolute atomic E-state index is 13.0. The van der Waals surface area contributed by atoms with Gasteiger partial charge in [-0.15, -0.1) is 0 Å². The maximum Gasteiger partial charge on any atom is 0.325 e. The van der Waals surface area contributed by atoms with Gasteiger partial charge in [-0.2, -0.15) is 0 Å². The van der Waals surface area contributed by atoms with Gasteiger partial charge in [0.1, 0.15) is 23.6 Å². The van der Waals surface area contributed by atoms with Gasteiger partial charge in [-0.3, -0.25) is 14.5 Å². The highest BCUT2D eigenvalue weighted by molar-refractivity contribution is 6.10. The molecule has 1 atom stereocenters. The predicted molar refractivity (Wildman–Crippen MR) is 106 cm³/mol. The Labute approximate surface area is 173 Å². The molecule has 2 aromatic rings. The molecule has 4 amide bonds. The van der Waals surface area contributed by atoms with Crippen LogP contribution in [0.15, 0.2) is 28.7 Å². The standard InChI is InChI=1S/C21H23N3O6/c1-12-9-15(13(2)30-12)21(3)19(26)24(20(27)23-21)11-18(25)22-14-5-6-16-17(10-14)29-8-4-7-28-16/h5-6,9-10H,4,7-8,11H2,1-3H3,(H,22,25)(H,23,27)/t21-/m1/s1. The largest absolute Gasteiger partial charge is 0.490 e. The fourth-order valence-corrected chi connectivity index (χ4v) is 3.74. The number of fused-ring (bicyclic) bond motifs is 1. The van der Waals surface area contributed by atoms with Crippen LogP contribution in [0.2, 0.25) is 0 Å². The number of anilines is 1. The summed E-state index contributed by atoms with van der Waals surface area (Å²) >= 11 is 0. The van der Waals surface area contributed by atoms with Crippen molar-refractivity contribution < 1.29 is 28.3 Å². The summed E-state index contributed by atoms with van der Waals surface area (Å²) in [5, 5.41) is 5.37. The second-order valence-electron chi connectivity index (χ2n) is 7.53. The second kappa shape index (κ2) is 7.40. The summed E-state index contributed by atoms with van der Waals surface area (Å²) in [5.41, 5.74) is -0.224. The number of urea groups is 1. The van der Waals surface area contributed by atoms with Gasteiger partial charge in [0.05, 0.1) is 13.2 Å². The molecule has 1 aromatic heterocycles. The molecule has 0 spiro atoms. The molecule has 9 heteroatoms. The number of hydrogen-bond acceptors (Lipinski definition) is 6. The number of furan rings is 1. The minimum atomic E-state index is -1.28. The third-order valence-corrected chi connectivity index (χ3v) is 5.19. The lowest BCUT2D eigenvalue weighted by Gasteiger charge is -2.21. The van der Waals surface area contributed by atoms with E-state index in [-0.39, 0.29) is 0 Å². The van der Waals surface area contributed by atoms with E-state index in [0.717, 1.165) is 11.3 Å². The summed E-state index contributed by atoms with van der Waals surface area (Å²) < 4.78 is 16.7. The highest BCUT2D eigenvalue weighted by Gasteiger charge is 2.51. The molecule has 0 radical (unpaired) electrons. The quantitative estimate of drug-likeness (QED) is 0.745. The molecule has 1 saturated heterocycles. The molecular weight excluding hydrogens is 390 g/mol. The van der Waals surface area contributed by atoms with E-state index in [0.29, 0.717) is 47.5 Å². The molecule has 2 aliphatic rings. The summed E-state index contributed by atoms with van der Waals surface area (Å²) in [6.45, 7) is 5.78. The Kier molecular flexibility index (Phi) is 4.89. The minimum absolute atomic E-state index is 0.412. The van der Waals surface area contributed by atoms with E-state index in [2.05, 4.69) is 10.6 Å². The van der Waals surface area contributed by atoms with Crippen LogP contribution in [0, 0.1) is 13.8 Å². The summed E-state index contributed by atoms with van der Waals surface area (Å²) in [6.07, 6.45) is 0.775. The number of rotatable bonds is 4. The van der Waals surface area contributed by atoms with Gasteiger partial charge in [0, 0.05) is 23.7 Å². The van der Waals surface area contributed by atoms with Gasteiger partial charge in [-0.05, 0) is 39.0 Å². The molecule has 0 aliphatic carbocycles. The number of amides is 4. The number of imide groups is 1. The maximum atomic E-state index is 13.0. The molecule has 4 rings (SSSR count). The third kappa shape index (κ3) is 3.47. The highest BCUT2D eigenvalue weighted by Crippen LogP contribution is 2.34. The first-order valence-electron chi connectivity index (χ1n) is 9.69. The number of nitrogens with zero attached hydrogens (tertiary/aromatic N) is 1. The summed E-state index contributed by atoms with van der Waals surface area (Å²) in [4.78, 5) is 38.9. The molecule has 3 heterocycles. The van der Waals surface area contributed by atoms with E-state index in [1.165, 1.54) is 0 Å². The Bertz CT molecular complexity index is 1030. The smallest absolute Gasteiger partial charge is 0.325 e. The lowest BCUT2D eigenvalue weighted by molar-refractivity contribution is -0.133. The van der Waals surface area contributed by atoms with E-state index in [1.54, 1.807) is 45.0 Å². The average Bonchev–Trinajstić information content (AvgIpc) is 3.02. The Morgan fingerprint density at radius 1 is 1.17 bits per heavy atom. The lowest BCUT2D eigenvalue weighted by atomic mass is 9.92. The van der Waals surface area contributed by atoms with Crippen LogP contribution in [-0.2, 0) is 15.1 Å². The van der Waals surface area contributed by atoms with Crippen molar-refractivity contribution in [2.45, 2.75) is 32.7 Å². The molecule has 0 unspecified atom stereocenters. The molecule has 1 fully saturated rings. The number of aryl methyl sites for hydroxylation is 2. The van der Waals surface area contributed by atoms with E-state index >= 15 is 0 Å². The van der Waals surface area contributed by atoms with E-state index in [4.69, 9.17) is 13.9 Å². The fourth-order valence-electron chi connectivity index (χ4n) is 3.74. The zero-order valence-electron chi connectivity index (χ0n) is 17.0. The Morgan fingerprint density at radius 2 is 1.90 bits per heavy atom. The van der Waals surface area contributed by atoms with Crippen molar-refractivity contribution in [3.63, 3.8) is 0 Å².